The molecule has 7 heteroatoms. The molecule has 2 heterocycles. The number of nitrogens with zero attached hydrogens (tertiary/aromatic N) is 2. The molecule has 0 aliphatic carbocycles. The maximum atomic E-state index is 10.7. The van der Waals surface area contributed by atoms with Crippen LogP contribution in [0.25, 0.3) is 0 Å². The van der Waals surface area contributed by atoms with Crippen LogP contribution < -0.4 is 11.1 Å². The summed E-state index contributed by atoms with van der Waals surface area (Å²) in [7, 11) is 0. The lowest BCUT2D eigenvalue weighted by molar-refractivity contribution is -0.384. The van der Waals surface area contributed by atoms with Gasteiger partial charge in [-0.1, -0.05) is 0 Å². The van der Waals surface area contributed by atoms with Crippen LogP contribution in [0.15, 0.2) is 12.1 Å². The molecule has 0 spiro atoms. The van der Waals surface area contributed by atoms with Crippen LogP contribution in [0.5, 0.6) is 0 Å². The van der Waals surface area contributed by atoms with Gasteiger partial charge in [-0.3, -0.25) is 10.1 Å². The first-order valence-corrected chi connectivity index (χ1v) is 7.04. The zero-order chi connectivity index (χ0) is 13.0. The van der Waals surface area contributed by atoms with Crippen LogP contribution in [0.3, 0.4) is 0 Å². The van der Waals surface area contributed by atoms with E-state index in [1.807, 2.05) is 11.8 Å². The van der Waals surface area contributed by atoms with Crippen molar-refractivity contribution in [3.63, 3.8) is 0 Å². The van der Waals surface area contributed by atoms with Crippen molar-refractivity contribution >= 4 is 29.1 Å². The average Bonchev–Trinajstić information content (AvgIpc) is 2.37. The molecule has 0 unspecified atom stereocenters. The summed E-state index contributed by atoms with van der Waals surface area (Å²) in [5, 5.41) is 13.8. The molecule has 18 heavy (non-hydrogen) atoms. The van der Waals surface area contributed by atoms with Crippen molar-refractivity contribution < 1.29 is 4.92 Å². The second-order valence-corrected chi connectivity index (χ2v) is 5.55. The van der Waals surface area contributed by atoms with Gasteiger partial charge in [-0.15, -0.1) is 0 Å². The molecule has 0 aromatic carbocycles. The summed E-state index contributed by atoms with van der Waals surface area (Å²) in [6.45, 7) is 0.800. The Morgan fingerprint density at radius 1 is 1.50 bits per heavy atom. The van der Waals surface area contributed by atoms with Crippen molar-refractivity contribution in [3.8, 4) is 0 Å². The maximum Gasteiger partial charge on any atom is 0.276 e. The van der Waals surface area contributed by atoms with E-state index in [2.05, 4.69) is 10.3 Å². The van der Waals surface area contributed by atoms with Gasteiger partial charge in [0.2, 0.25) is 0 Å². The summed E-state index contributed by atoms with van der Waals surface area (Å²) in [5.74, 6) is 3.66. The number of hydrogen-bond acceptors (Lipinski definition) is 6. The third kappa shape index (κ3) is 3.49. The zero-order valence-corrected chi connectivity index (χ0v) is 10.8. The topological polar surface area (TPSA) is 94.1 Å². The highest BCUT2D eigenvalue weighted by molar-refractivity contribution is 7.99. The quantitative estimate of drug-likeness (QED) is 0.641. The summed E-state index contributed by atoms with van der Waals surface area (Å²) in [6.07, 6.45) is 2.37. The Labute approximate surface area is 110 Å². The third-order valence-corrected chi connectivity index (χ3v) is 4.00. The lowest BCUT2D eigenvalue weighted by Gasteiger charge is -2.21. The molecule has 0 saturated carbocycles. The summed E-state index contributed by atoms with van der Waals surface area (Å²) in [6, 6.07) is 2.69. The highest BCUT2D eigenvalue weighted by atomic mass is 32.2. The average molecular weight is 268 g/mol. The SMILES string of the molecule is Nc1cc([N+](=O)[O-])cc(NCC2CCSCC2)n1. The predicted molar refractivity (Wildman–Crippen MR) is 73.8 cm³/mol. The van der Waals surface area contributed by atoms with Crippen molar-refractivity contribution in [2.24, 2.45) is 5.92 Å². The summed E-state index contributed by atoms with van der Waals surface area (Å²) >= 11 is 1.98. The second kappa shape index (κ2) is 5.90. The van der Waals surface area contributed by atoms with Crippen molar-refractivity contribution in [1.29, 1.82) is 0 Å². The van der Waals surface area contributed by atoms with E-state index in [1.54, 1.807) is 0 Å². The van der Waals surface area contributed by atoms with Crippen LogP contribution in [0.1, 0.15) is 12.8 Å². The first-order chi connectivity index (χ1) is 8.65. The molecule has 0 radical (unpaired) electrons. The third-order valence-electron chi connectivity index (χ3n) is 2.95. The van der Waals surface area contributed by atoms with Gasteiger partial charge in [0.15, 0.2) is 0 Å². The lowest BCUT2D eigenvalue weighted by atomic mass is 10.0. The molecular formula is C11H16N4O2S. The van der Waals surface area contributed by atoms with Gasteiger partial charge < -0.3 is 11.1 Å². The maximum absolute atomic E-state index is 10.7. The van der Waals surface area contributed by atoms with Gasteiger partial charge in [0.05, 0.1) is 17.1 Å². The van der Waals surface area contributed by atoms with E-state index in [0.29, 0.717) is 11.7 Å². The molecule has 3 N–H and O–H groups in total. The fourth-order valence-electron chi connectivity index (χ4n) is 1.93. The first kappa shape index (κ1) is 12.9. The number of pyridine rings is 1. The van der Waals surface area contributed by atoms with Crippen molar-refractivity contribution in [1.82, 2.24) is 4.98 Å². The standard InChI is InChI=1S/C11H16N4O2S/c12-10-5-9(15(16)17)6-11(14-10)13-7-8-1-3-18-4-2-8/h5-6,8H,1-4,7H2,(H3,12,13,14). The van der Waals surface area contributed by atoms with Crippen LogP contribution in [0.2, 0.25) is 0 Å². The van der Waals surface area contributed by atoms with E-state index >= 15 is 0 Å². The Kier molecular flexibility index (Phi) is 4.24. The Hall–Kier alpha value is -1.50. The number of rotatable bonds is 4. The highest BCUT2D eigenvalue weighted by Gasteiger charge is 2.15. The van der Waals surface area contributed by atoms with E-state index in [1.165, 1.54) is 36.5 Å². The molecule has 1 fully saturated rings. The van der Waals surface area contributed by atoms with E-state index < -0.39 is 4.92 Å². The van der Waals surface area contributed by atoms with E-state index in [4.69, 9.17) is 5.73 Å². The first-order valence-electron chi connectivity index (χ1n) is 5.88. The van der Waals surface area contributed by atoms with Crippen LogP contribution in [-0.4, -0.2) is 28.0 Å². The van der Waals surface area contributed by atoms with E-state index in [0.717, 1.165) is 6.54 Å². The number of nitrogen functional groups attached to an aromatic ring is 1. The number of anilines is 2. The number of aromatic nitrogens is 1. The van der Waals surface area contributed by atoms with Gasteiger partial charge in [-0.2, -0.15) is 11.8 Å². The molecule has 6 nitrogen and oxygen atoms in total. The molecule has 0 atom stereocenters. The van der Waals surface area contributed by atoms with Gasteiger partial charge in [0.1, 0.15) is 11.6 Å². The molecule has 2 rings (SSSR count). The molecule has 1 aliphatic heterocycles. The van der Waals surface area contributed by atoms with E-state index in [-0.39, 0.29) is 11.5 Å². The molecule has 98 valence electrons. The fraction of sp³-hybridized carbons (Fsp3) is 0.545. The summed E-state index contributed by atoms with van der Waals surface area (Å²) in [5.41, 5.74) is 5.52. The number of nitrogens with one attached hydrogen (secondary N) is 1. The minimum atomic E-state index is -0.458. The van der Waals surface area contributed by atoms with Gasteiger partial charge in [0, 0.05) is 6.54 Å². The number of nitro groups is 1. The Morgan fingerprint density at radius 3 is 2.89 bits per heavy atom. The molecule has 0 amide bonds. The molecule has 1 saturated heterocycles. The summed E-state index contributed by atoms with van der Waals surface area (Å²) < 4.78 is 0. The summed E-state index contributed by atoms with van der Waals surface area (Å²) in [4.78, 5) is 14.3. The monoisotopic (exact) mass is 268 g/mol. The smallest absolute Gasteiger partial charge is 0.276 e. The van der Waals surface area contributed by atoms with Gasteiger partial charge in [-0.25, -0.2) is 4.98 Å². The zero-order valence-electron chi connectivity index (χ0n) is 9.96. The predicted octanol–water partition coefficient (Wildman–Crippen LogP) is 2.13. The van der Waals surface area contributed by atoms with Crippen LogP contribution in [0, 0.1) is 16.0 Å². The van der Waals surface area contributed by atoms with E-state index in [9.17, 15) is 10.1 Å². The largest absolute Gasteiger partial charge is 0.383 e. The lowest BCUT2D eigenvalue weighted by Crippen LogP contribution is -2.19. The Morgan fingerprint density at radius 2 is 2.22 bits per heavy atom. The minimum Gasteiger partial charge on any atom is -0.383 e. The number of hydrogen-bond donors (Lipinski definition) is 2. The van der Waals surface area contributed by atoms with Crippen molar-refractivity contribution in [2.75, 3.05) is 29.1 Å². The van der Waals surface area contributed by atoms with Gasteiger partial charge >= 0.3 is 0 Å². The van der Waals surface area contributed by atoms with Crippen molar-refractivity contribution in [2.45, 2.75) is 12.8 Å². The minimum absolute atomic E-state index is 0.0239. The molecule has 1 aliphatic rings. The van der Waals surface area contributed by atoms with Crippen molar-refractivity contribution in [3.05, 3.63) is 22.2 Å². The molecule has 1 aromatic heterocycles. The fourth-order valence-corrected chi connectivity index (χ4v) is 3.14. The molecule has 1 aromatic rings. The number of nitrogens with two attached hydrogens (primary N) is 1. The van der Waals surface area contributed by atoms with Gasteiger partial charge in [-0.05, 0) is 30.3 Å². The Balaban J connectivity index is 1.97. The van der Waals surface area contributed by atoms with Crippen LogP contribution in [-0.2, 0) is 0 Å². The van der Waals surface area contributed by atoms with Gasteiger partial charge in [0.25, 0.3) is 5.69 Å². The second-order valence-electron chi connectivity index (χ2n) is 4.33. The number of thioether (sulfide) groups is 1. The Bertz CT molecular complexity index is 435. The highest BCUT2D eigenvalue weighted by Crippen LogP contribution is 2.24. The molecular weight excluding hydrogens is 252 g/mol. The molecule has 0 bridgehead atoms. The van der Waals surface area contributed by atoms with Crippen LogP contribution >= 0.6 is 11.8 Å². The normalized spacial score (nSPS) is 16.4. The van der Waals surface area contributed by atoms with Crippen LogP contribution in [0.4, 0.5) is 17.3 Å².